The van der Waals surface area contributed by atoms with E-state index >= 15 is 0 Å². The highest BCUT2D eigenvalue weighted by molar-refractivity contribution is 6.13. The molecule has 2 heterocycles. The Morgan fingerprint density at radius 3 is 2.54 bits per heavy atom. The quantitative estimate of drug-likeness (QED) is 0.157. The highest BCUT2D eigenvalue weighted by Gasteiger charge is 2.15. The minimum Gasteiger partial charge on any atom is -0.495 e. The average molecular weight is 624 g/mol. The lowest BCUT2D eigenvalue weighted by Crippen LogP contribution is -2.37. The first kappa shape index (κ1) is 32.7. The van der Waals surface area contributed by atoms with E-state index < -0.39 is 0 Å². The summed E-state index contributed by atoms with van der Waals surface area (Å²) in [6.07, 6.45) is 3.56. The molecule has 0 atom stereocenters. The number of aliphatic hydroxyl groups is 1. The van der Waals surface area contributed by atoms with E-state index in [-0.39, 0.29) is 5.91 Å². The standard InChI is InChI=1S/C36H37N3O5.CH4O/c1-3-25-8-13-35(41-2)33(22-25)38-36(40)30-7-4-6-26-23-28(10-11-29(26)30)44-34-14-15-37-32-24-27(9-12-31(32)34)43-19-5-16-39-17-20-42-21-18-39;1-2/h4,6-15,22-24H,3,5,16-21H2,1-2H3,(H,38,40);2H,1H3. The number of aromatic nitrogens is 1. The van der Waals surface area contributed by atoms with Crippen molar-refractivity contribution in [1.82, 2.24) is 9.88 Å². The number of aryl methyl sites for hydroxylation is 1. The number of ether oxygens (including phenoxy) is 4. The summed E-state index contributed by atoms with van der Waals surface area (Å²) in [5.41, 5.74) is 3.15. The summed E-state index contributed by atoms with van der Waals surface area (Å²) in [6.45, 7) is 7.32. The van der Waals surface area contributed by atoms with Crippen LogP contribution in [0.2, 0.25) is 0 Å². The Kier molecular flexibility index (Phi) is 11.4. The van der Waals surface area contributed by atoms with Crippen molar-refractivity contribution in [3.63, 3.8) is 0 Å². The number of rotatable bonds is 11. The van der Waals surface area contributed by atoms with Gasteiger partial charge in [-0.3, -0.25) is 14.7 Å². The van der Waals surface area contributed by atoms with E-state index in [0.29, 0.717) is 35.1 Å². The van der Waals surface area contributed by atoms with Crippen molar-refractivity contribution < 1.29 is 28.8 Å². The lowest BCUT2D eigenvalue weighted by molar-refractivity contribution is 0.0358. The molecular formula is C37H41N3O6. The Labute approximate surface area is 269 Å². The summed E-state index contributed by atoms with van der Waals surface area (Å²) in [6, 6.07) is 25.0. The molecular weight excluding hydrogens is 582 g/mol. The molecule has 0 radical (unpaired) electrons. The molecule has 2 N–H and O–H groups in total. The Balaban J connectivity index is 0.00000204. The zero-order valence-corrected chi connectivity index (χ0v) is 26.6. The molecule has 1 aliphatic rings. The molecule has 0 saturated carbocycles. The van der Waals surface area contributed by atoms with Crippen LogP contribution in [0.4, 0.5) is 5.69 Å². The van der Waals surface area contributed by atoms with Crippen molar-refractivity contribution in [2.45, 2.75) is 19.8 Å². The van der Waals surface area contributed by atoms with Gasteiger partial charge >= 0.3 is 0 Å². The molecule has 1 amide bonds. The Morgan fingerprint density at radius 2 is 1.74 bits per heavy atom. The molecule has 0 unspecified atom stereocenters. The van der Waals surface area contributed by atoms with E-state index in [1.54, 1.807) is 13.3 Å². The second-order valence-corrected chi connectivity index (χ2v) is 10.8. The van der Waals surface area contributed by atoms with Gasteiger partial charge < -0.3 is 29.4 Å². The van der Waals surface area contributed by atoms with Gasteiger partial charge in [0.15, 0.2) is 0 Å². The van der Waals surface area contributed by atoms with Gasteiger partial charge in [-0.1, -0.05) is 25.1 Å². The number of anilines is 1. The number of amides is 1. The van der Waals surface area contributed by atoms with Crippen molar-refractivity contribution in [3.8, 4) is 23.0 Å². The number of pyridine rings is 1. The van der Waals surface area contributed by atoms with Crippen LogP contribution >= 0.6 is 0 Å². The van der Waals surface area contributed by atoms with Crippen LogP contribution in [0.15, 0.2) is 85.1 Å². The van der Waals surface area contributed by atoms with Gasteiger partial charge in [-0.25, -0.2) is 0 Å². The zero-order valence-electron chi connectivity index (χ0n) is 26.6. The summed E-state index contributed by atoms with van der Waals surface area (Å²) >= 11 is 0. The molecule has 240 valence electrons. The maximum atomic E-state index is 13.4. The molecule has 6 rings (SSSR count). The fraction of sp³-hybridized carbons (Fsp3) is 0.297. The summed E-state index contributed by atoms with van der Waals surface area (Å²) in [5.74, 6) is 2.58. The van der Waals surface area contributed by atoms with E-state index in [2.05, 4.69) is 22.1 Å². The molecule has 1 aromatic heterocycles. The summed E-state index contributed by atoms with van der Waals surface area (Å²) in [4.78, 5) is 20.3. The first-order chi connectivity index (χ1) is 22.6. The Morgan fingerprint density at radius 1 is 0.935 bits per heavy atom. The number of fused-ring (bicyclic) bond motifs is 2. The normalized spacial score (nSPS) is 13.1. The molecule has 9 heteroatoms. The number of benzene rings is 4. The largest absolute Gasteiger partial charge is 0.495 e. The van der Waals surface area contributed by atoms with Crippen molar-refractivity contribution >= 4 is 33.3 Å². The van der Waals surface area contributed by atoms with Gasteiger partial charge in [0.1, 0.15) is 23.0 Å². The predicted molar refractivity (Wildman–Crippen MR) is 182 cm³/mol. The van der Waals surface area contributed by atoms with Gasteiger partial charge in [0.25, 0.3) is 5.91 Å². The van der Waals surface area contributed by atoms with E-state index in [1.807, 2.05) is 78.9 Å². The van der Waals surface area contributed by atoms with Crippen molar-refractivity contribution in [2.75, 3.05) is 59.0 Å². The van der Waals surface area contributed by atoms with Gasteiger partial charge in [0, 0.05) is 50.0 Å². The summed E-state index contributed by atoms with van der Waals surface area (Å²) < 4.78 is 23.3. The highest BCUT2D eigenvalue weighted by atomic mass is 16.5. The number of hydrogen-bond acceptors (Lipinski definition) is 8. The lowest BCUT2D eigenvalue weighted by Gasteiger charge is -2.26. The molecule has 1 aliphatic heterocycles. The maximum absolute atomic E-state index is 13.4. The third-order valence-corrected chi connectivity index (χ3v) is 7.91. The van der Waals surface area contributed by atoms with Crippen LogP contribution in [0, 0.1) is 0 Å². The van der Waals surface area contributed by atoms with Crippen LogP contribution in [0.5, 0.6) is 23.0 Å². The number of nitrogens with zero attached hydrogens (tertiary/aromatic N) is 2. The number of aliphatic hydroxyl groups excluding tert-OH is 1. The third kappa shape index (κ3) is 7.92. The third-order valence-electron chi connectivity index (χ3n) is 7.91. The number of morpholine rings is 1. The average Bonchev–Trinajstić information content (AvgIpc) is 3.11. The van der Waals surface area contributed by atoms with Gasteiger partial charge in [-0.15, -0.1) is 0 Å². The second kappa shape index (κ2) is 16.0. The number of carbonyl (C=O) groups excluding carboxylic acids is 1. The Hall–Kier alpha value is -4.70. The van der Waals surface area contributed by atoms with Crippen molar-refractivity contribution in [1.29, 1.82) is 0 Å². The maximum Gasteiger partial charge on any atom is 0.256 e. The summed E-state index contributed by atoms with van der Waals surface area (Å²) in [5, 5.41) is 12.7. The SMILES string of the molecule is CCc1ccc(OC)c(NC(=O)c2cccc3cc(Oc4ccnc5cc(OCCCN6CCOCC6)ccc45)ccc23)c1.CO. The minimum absolute atomic E-state index is 0.199. The molecule has 5 aromatic rings. The van der Waals surface area contributed by atoms with E-state index in [0.717, 1.165) is 85.8 Å². The molecule has 0 bridgehead atoms. The fourth-order valence-electron chi connectivity index (χ4n) is 5.50. The lowest BCUT2D eigenvalue weighted by atomic mass is 10.0. The van der Waals surface area contributed by atoms with Gasteiger partial charge in [-0.05, 0) is 83.8 Å². The van der Waals surface area contributed by atoms with Gasteiger partial charge in [-0.2, -0.15) is 0 Å². The van der Waals surface area contributed by atoms with Crippen LogP contribution < -0.4 is 19.5 Å². The monoisotopic (exact) mass is 623 g/mol. The number of methoxy groups -OCH3 is 1. The number of nitrogens with one attached hydrogen (secondary N) is 1. The van der Waals surface area contributed by atoms with Crippen LogP contribution in [-0.4, -0.2) is 74.6 Å². The van der Waals surface area contributed by atoms with E-state index in [9.17, 15) is 4.79 Å². The van der Waals surface area contributed by atoms with Crippen LogP contribution in [0.3, 0.4) is 0 Å². The molecule has 1 saturated heterocycles. The molecule has 46 heavy (non-hydrogen) atoms. The summed E-state index contributed by atoms with van der Waals surface area (Å²) in [7, 11) is 2.60. The van der Waals surface area contributed by atoms with Gasteiger partial charge in [0.2, 0.25) is 0 Å². The van der Waals surface area contributed by atoms with Crippen molar-refractivity contribution in [3.05, 3.63) is 96.2 Å². The van der Waals surface area contributed by atoms with Crippen molar-refractivity contribution in [2.24, 2.45) is 0 Å². The van der Waals surface area contributed by atoms with E-state index in [4.69, 9.17) is 24.1 Å². The smallest absolute Gasteiger partial charge is 0.256 e. The molecule has 1 fully saturated rings. The first-order valence-electron chi connectivity index (χ1n) is 15.6. The molecule has 4 aromatic carbocycles. The fourth-order valence-corrected chi connectivity index (χ4v) is 5.50. The Bertz CT molecular complexity index is 1770. The van der Waals surface area contributed by atoms with Crippen LogP contribution in [-0.2, 0) is 11.2 Å². The minimum atomic E-state index is -0.199. The molecule has 0 spiro atoms. The first-order valence-corrected chi connectivity index (χ1v) is 15.6. The van der Waals surface area contributed by atoms with Gasteiger partial charge in [0.05, 0.1) is 38.1 Å². The number of carbonyl (C=O) groups is 1. The highest BCUT2D eigenvalue weighted by Crippen LogP contribution is 2.33. The molecule has 0 aliphatic carbocycles. The van der Waals surface area contributed by atoms with Crippen LogP contribution in [0.1, 0.15) is 29.3 Å². The second-order valence-electron chi connectivity index (χ2n) is 10.8. The molecule has 9 nitrogen and oxygen atoms in total. The predicted octanol–water partition coefficient (Wildman–Crippen LogP) is 6.71. The number of hydrogen-bond donors (Lipinski definition) is 2. The van der Waals surface area contributed by atoms with Crippen LogP contribution in [0.25, 0.3) is 21.7 Å². The topological polar surface area (TPSA) is 102 Å². The zero-order chi connectivity index (χ0) is 32.3. The van der Waals surface area contributed by atoms with E-state index in [1.165, 1.54) is 0 Å².